The van der Waals surface area contributed by atoms with E-state index in [-0.39, 0.29) is 6.04 Å². The lowest BCUT2D eigenvalue weighted by Crippen LogP contribution is -2.22. The van der Waals surface area contributed by atoms with Crippen molar-refractivity contribution in [2.24, 2.45) is 0 Å². The highest BCUT2D eigenvalue weighted by atomic mass is 15.4. The van der Waals surface area contributed by atoms with Gasteiger partial charge < -0.3 is 5.32 Å². The Kier molecular flexibility index (Phi) is 4.10. The van der Waals surface area contributed by atoms with Crippen molar-refractivity contribution in [3.63, 3.8) is 0 Å². The lowest BCUT2D eigenvalue weighted by Gasteiger charge is -2.17. The first kappa shape index (κ1) is 12.8. The highest BCUT2D eigenvalue weighted by Crippen LogP contribution is 2.17. The zero-order valence-corrected chi connectivity index (χ0v) is 11.2. The van der Waals surface area contributed by atoms with Crippen LogP contribution in [-0.2, 0) is 13.0 Å². The maximum atomic E-state index is 4.09. The van der Waals surface area contributed by atoms with Crippen molar-refractivity contribution >= 4 is 0 Å². The van der Waals surface area contributed by atoms with E-state index in [9.17, 15) is 0 Å². The van der Waals surface area contributed by atoms with Gasteiger partial charge in [-0.25, -0.2) is 4.68 Å². The number of nitrogens with one attached hydrogen (secondary N) is 1. The van der Waals surface area contributed by atoms with Gasteiger partial charge in [-0.3, -0.25) is 0 Å². The van der Waals surface area contributed by atoms with Crippen molar-refractivity contribution in [2.45, 2.75) is 32.9 Å². The number of rotatable bonds is 5. The maximum Gasteiger partial charge on any atom is 0.0759 e. The molecule has 96 valence electrons. The Hall–Kier alpha value is -1.68. The van der Waals surface area contributed by atoms with E-state index >= 15 is 0 Å². The molecular formula is C14H20N4. The smallest absolute Gasteiger partial charge is 0.0759 e. The number of hydrogen-bond donors (Lipinski definition) is 1. The molecule has 1 atom stereocenters. The Morgan fingerprint density at radius 2 is 2.22 bits per heavy atom. The van der Waals surface area contributed by atoms with Gasteiger partial charge in [0.25, 0.3) is 0 Å². The van der Waals surface area contributed by atoms with Crippen LogP contribution in [0.3, 0.4) is 0 Å². The van der Waals surface area contributed by atoms with Crippen LogP contribution in [0.1, 0.15) is 29.8 Å². The largest absolute Gasteiger partial charge is 0.311 e. The van der Waals surface area contributed by atoms with Crippen LogP contribution in [0.25, 0.3) is 0 Å². The minimum absolute atomic E-state index is 0.252. The van der Waals surface area contributed by atoms with Gasteiger partial charge in [-0.2, -0.15) is 0 Å². The first-order chi connectivity index (χ1) is 8.74. The van der Waals surface area contributed by atoms with Gasteiger partial charge in [0.1, 0.15) is 0 Å². The normalized spacial score (nSPS) is 12.6. The van der Waals surface area contributed by atoms with Crippen LogP contribution >= 0.6 is 0 Å². The average Bonchev–Trinajstić information content (AvgIpc) is 2.84. The number of likely N-dealkylation sites (N-methyl/N-ethyl adjacent to an activating group) is 1. The van der Waals surface area contributed by atoms with Gasteiger partial charge in [-0.15, -0.1) is 5.10 Å². The molecule has 0 saturated heterocycles. The number of aromatic nitrogens is 3. The summed E-state index contributed by atoms with van der Waals surface area (Å²) in [6.45, 7) is 5.05. The van der Waals surface area contributed by atoms with Gasteiger partial charge in [0.15, 0.2) is 0 Å². The summed E-state index contributed by atoms with van der Waals surface area (Å²) in [6, 6.07) is 8.87. The van der Waals surface area contributed by atoms with Gasteiger partial charge in [0, 0.05) is 6.54 Å². The Morgan fingerprint density at radius 3 is 2.89 bits per heavy atom. The summed E-state index contributed by atoms with van der Waals surface area (Å²) in [5.74, 6) is 0. The van der Waals surface area contributed by atoms with E-state index in [2.05, 4.69) is 53.7 Å². The summed E-state index contributed by atoms with van der Waals surface area (Å²) in [6.07, 6.45) is 2.80. The molecule has 1 aromatic heterocycles. The second kappa shape index (κ2) is 5.78. The molecule has 2 aromatic rings. The second-order valence-electron chi connectivity index (χ2n) is 4.51. The number of nitrogens with zero attached hydrogens (tertiary/aromatic N) is 3. The third-order valence-corrected chi connectivity index (χ3v) is 3.17. The van der Waals surface area contributed by atoms with Crippen molar-refractivity contribution in [1.82, 2.24) is 20.3 Å². The fourth-order valence-corrected chi connectivity index (χ4v) is 2.21. The lowest BCUT2D eigenvalue weighted by molar-refractivity contribution is 0.508. The van der Waals surface area contributed by atoms with Gasteiger partial charge in [-0.05, 0) is 32.9 Å². The molecule has 2 rings (SSSR count). The van der Waals surface area contributed by atoms with Gasteiger partial charge in [-0.1, -0.05) is 35.0 Å². The molecule has 1 heterocycles. The minimum Gasteiger partial charge on any atom is -0.311 e. The first-order valence-electron chi connectivity index (χ1n) is 6.35. The molecular weight excluding hydrogens is 224 g/mol. The average molecular weight is 244 g/mol. The van der Waals surface area contributed by atoms with E-state index in [4.69, 9.17) is 0 Å². The van der Waals surface area contributed by atoms with Crippen LogP contribution in [-0.4, -0.2) is 22.0 Å². The molecule has 4 heteroatoms. The standard InChI is InChI=1S/C14H20N4/c1-4-18-14(10-16-17-18)13(15-3)9-12-7-5-6-11(2)8-12/h5-8,10,13,15H,4,9H2,1-3H3. The van der Waals surface area contributed by atoms with Crippen molar-refractivity contribution in [3.8, 4) is 0 Å². The van der Waals surface area contributed by atoms with Crippen molar-refractivity contribution < 1.29 is 0 Å². The third-order valence-electron chi connectivity index (χ3n) is 3.17. The van der Waals surface area contributed by atoms with E-state index in [0.29, 0.717) is 0 Å². The van der Waals surface area contributed by atoms with E-state index in [1.807, 2.05) is 17.9 Å². The Morgan fingerprint density at radius 1 is 1.39 bits per heavy atom. The first-order valence-corrected chi connectivity index (χ1v) is 6.35. The maximum absolute atomic E-state index is 4.09. The second-order valence-corrected chi connectivity index (χ2v) is 4.51. The number of aryl methyl sites for hydroxylation is 2. The van der Waals surface area contributed by atoms with Gasteiger partial charge >= 0.3 is 0 Å². The zero-order valence-electron chi connectivity index (χ0n) is 11.2. The van der Waals surface area contributed by atoms with Crippen LogP contribution in [0.15, 0.2) is 30.5 Å². The Bertz CT molecular complexity index is 504. The van der Waals surface area contributed by atoms with Crippen molar-refractivity contribution in [2.75, 3.05) is 7.05 Å². The molecule has 0 fully saturated rings. The summed E-state index contributed by atoms with van der Waals surface area (Å²) in [7, 11) is 1.98. The summed E-state index contributed by atoms with van der Waals surface area (Å²) < 4.78 is 1.94. The summed E-state index contributed by atoms with van der Waals surface area (Å²) in [4.78, 5) is 0. The molecule has 0 amide bonds. The van der Waals surface area contributed by atoms with Crippen molar-refractivity contribution in [1.29, 1.82) is 0 Å². The monoisotopic (exact) mass is 244 g/mol. The third kappa shape index (κ3) is 2.76. The predicted octanol–water partition coefficient (Wildman–Crippen LogP) is 2.11. The molecule has 1 N–H and O–H groups in total. The van der Waals surface area contributed by atoms with Crippen LogP contribution in [0.2, 0.25) is 0 Å². The van der Waals surface area contributed by atoms with Crippen LogP contribution in [0.5, 0.6) is 0 Å². The fraction of sp³-hybridized carbons (Fsp3) is 0.429. The number of benzene rings is 1. The van der Waals surface area contributed by atoms with E-state index in [1.165, 1.54) is 11.1 Å². The molecule has 0 aliphatic carbocycles. The van der Waals surface area contributed by atoms with Crippen molar-refractivity contribution in [3.05, 3.63) is 47.3 Å². The van der Waals surface area contributed by atoms with Crippen LogP contribution in [0.4, 0.5) is 0 Å². The summed E-state index contributed by atoms with van der Waals surface area (Å²) in [5, 5.41) is 11.4. The SMILES string of the molecule is CCn1nncc1C(Cc1cccc(C)c1)NC. The highest BCUT2D eigenvalue weighted by Gasteiger charge is 2.15. The molecule has 1 aromatic carbocycles. The predicted molar refractivity (Wildman–Crippen MR) is 72.4 cm³/mol. The van der Waals surface area contributed by atoms with E-state index in [0.717, 1.165) is 18.7 Å². The quantitative estimate of drug-likeness (QED) is 0.876. The molecule has 0 aliphatic rings. The molecule has 0 spiro atoms. The van der Waals surface area contributed by atoms with E-state index < -0.39 is 0 Å². The van der Waals surface area contributed by atoms with Crippen LogP contribution < -0.4 is 5.32 Å². The molecule has 1 unspecified atom stereocenters. The minimum atomic E-state index is 0.252. The molecule has 4 nitrogen and oxygen atoms in total. The molecule has 0 aliphatic heterocycles. The molecule has 0 bridgehead atoms. The highest BCUT2D eigenvalue weighted by molar-refractivity contribution is 5.24. The van der Waals surface area contributed by atoms with Crippen LogP contribution in [0, 0.1) is 6.92 Å². The molecule has 0 radical (unpaired) electrons. The summed E-state index contributed by atoms with van der Waals surface area (Å²) in [5.41, 5.74) is 3.77. The van der Waals surface area contributed by atoms with E-state index in [1.54, 1.807) is 0 Å². The van der Waals surface area contributed by atoms with Gasteiger partial charge in [0.05, 0.1) is 17.9 Å². The topological polar surface area (TPSA) is 42.7 Å². The number of hydrogen-bond acceptors (Lipinski definition) is 3. The zero-order chi connectivity index (χ0) is 13.0. The lowest BCUT2D eigenvalue weighted by atomic mass is 10.0. The molecule has 18 heavy (non-hydrogen) atoms. The molecule has 0 saturated carbocycles. The Balaban J connectivity index is 2.20. The summed E-state index contributed by atoms with van der Waals surface area (Å²) >= 11 is 0. The van der Waals surface area contributed by atoms with Gasteiger partial charge in [0.2, 0.25) is 0 Å². The Labute approximate surface area is 108 Å². The fourth-order valence-electron chi connectivity index (χ4n) is 2.21.